The first-order valence-corrected chi connectivity index (χ1v) is 7.81. The molecule has 5 rings (SSSR count). The van der Waals surface area contributed by atoms with Crippen LogP contribution in [0.2, 0.25) is 0 Å². The number of ether oxygens (including phenoxy) is 1. The number of hydrogen-bond donors (Lipinski definition) is 1. The Bertz CT molecular complexity index is 554. The van der Waals surface area contributed by atoms with Crippen LogP contribution in [0.1, 0.15) is 37.3 Å². The first-order chi connectivity index (χ1) is 9.29. The Morgan fingerprint density at radius 1 is 1.32 bits per heavy atom. The van der Waals surface area contributed by atoms with Crippen LogP contribution >= 0.6 is 0 Å². The minimum Gasteiger partial charge on any atom is -0.489 e. The summed E-state index contributed by atoms with van der Waals surface area (Å²) in [7, 11) is 0. The van der Waals surface area contributed by atoms with Gasteiger partial charge in [-0.2, -0.15) is 0 Å². The first kappa shape index (κ1) is 10.7. The molecule has 2 heterocycles. The molecule has 2 fully saturated rings. The van der Waals surface area contributed by atoms with E-state index in [1.54, 1.807) is 11.1 Å². The zero-order valence-corrected chi connectivity index (χ0v) is 11.5. The molecule has 0 aromatic heterocycles. The molecule has 19 heavy (non-hydrogen) atoms. The lowest BCUT2D eigenvalue weighted by Gasteiger charge is -2.56. The Labute approximate surface area is 114 Å². The highest BCUT2D eigenvalue weighted by molar-refractivity contribution is 5.54. The van der Waals surface area contributed by atoms with E-state index >= 15 is 0 Å². The van der Waals surface area contributed by atoms with Crippen molar-refractivity contribution in [2.24, 2.45) is 11.8 Å². The van der Waals surface area contributed by atoms with Crippen LogP contribution < -0.4 is 10.1 Å². The largest absolute Gasteiger partial charge is 0.489 e. The molecule has 0 amide bonds. The highest BCUT2D eigenvalue weighted by Crippen LogP contribution is 2.61. The predicted octanol–water partition coefficient (Wildman–Crippen LogP) is 2.65. The maximum Gasteiger partial charge on any atom is 0.123 e. The summed E-state index contributed by atoms with van der Waals surface area (Å²) < 4.78 is 6.42. The summed E-state index contributed by atoms with van der Waals surface area (Å²) >= 11 is 0. The molecule has 4 aliphatic rings. The quantitative estimate of drug-likeness (QED) is 0.769. The second-order valence-corrected chi connectivity index (χ2v) is 7.13. The van der Waals surface area contributed by atoms with Gasteiger partial charge < -0.3 is 10.1 Å². The van der Waals surface area contributed by atoms with Crippen molar-refractivity contribution in [2.45, 2.75) is 50.2 Å². The third-order valence-corrected chi connectivity index (χ3v) is 6.23. The van der Waals surface area contributed by atoms with Gasteiger partial charge in [-0.15, -0.1) is 0 Å². The van der Waals surface area contributed by atoms with E-state index in [-0.39, 0.29) is 0 Å². The van der Waals surface area contributed by atoms with E-state index in [4.69, 9.17) is 4.74 Å². The van der Waals surface area contributed by atoms with Gasteiger partial charge in [0, 0.05) is 17.0 Å². The molecular formula is C17H21NO. The molecule has 2 heteroatoms. The van der Waals surface area contributed by atoms with E-state index in [9.17, 15) is 0 Å². The van der Waals surface area contributed by atoms with Crippen LogP contribution in [0.25, 0.3) is 0 Å². The molecule has 1 N–H and O–H groups in total. The molecule has 2 nitrogen and oxygen atoms in total. The summed E-state index contributed by atoms with van der Waals surface area (Å²) in [5.74, 6) is 2.81. The molecule has 1 spiro atoms. The van der Waals surface area contributed by atoms with Crippen molar-refractivity contribution in [1.29, 1.82) is 0 Å². The number of benzene rings is 1. The molecule has 1 saturated heterocycles. The van der Waals surface area contributed by atoms with E-state index in [1.165, 1.54) is 38.0 Å². The van der Waals surface area contributed by atoms with E-state index in [0.717, 1.165) is 11.8 Å². The van der Waals surface area contributed by atoms with Gasteiger partial charge in [0.1, 0.15) is 11.9 Å². The molecule has 100 valence electrons. The molecule has 5 atom stereocenters. The van der Waals surface area contributed by atoms with Gasteiger partial charge >= 0.3 is 0 Å². The number of rotatable bonds is 0. The Kier molecular flexibility index (Phi) is 1.89. The van der Waals surface area contributed by atoms with Gasteiger partial charge in [0.15, 0.2) is 0 Å². The van der Waals surface area contributed by atoms with Crippen molar-refractivity contribution in [3.8, 4) is 5.75 Å². The van der Waals surface area contributed by atoms with E-state index < -0.39 is 0 Å². The van der Waals surface area contributed by atoms with Crippen LogP contribution in [-0.2, 0) is 11.8 Å². The monoisotopic (exact) mass is 255 g/mol. The molecule has 1 saturated carbocycles. The SMILES string of the molecule is CC1CC2Oc3cccc4c3[C@@]23CCN[C@H](C4)[C@@H]3C1. The van der Waals surface area contributed by atoms with Crippen LogP contribution in [0.5, 0.6) is 5.75 Å². The van der Waals surface area contributed by atoms with Gasteiger partial charge in [0.2, 0.25) is 0 Å². The van der Waals surface area contributed by atoms with Crippen molar-refractivity contribution >= 4 is 0 Å². The van der Waals surface area contributed by atoms with Crippen LogP contribution in [-0.4, -0.2) is 18.7 Å². The summed E-state index contributed by atoms with van der Waals surface area (Å²) in [5, 5.41) is 3.79. The van der Waals surface area contributed by atoms with Crippen LogP contribution in [0, 0.1) is 11.8 Å². The molecule has 2 aliphatic carbocycles. The highest BCUT2D eigenvalue weighted by Gasteiger charge is 2.62. The summed E-state index contributed by atoms with van der Waals surface area (Å²) in [5.41, 5.74) is 3.52. The van der Waals surface area contributed by atoms with E-state index in [0.29, 0.717) is 17.6 Å². The van der Waals surface area contributed by atoms with Gasteiger partial charge in [0.05, 0.1) is 0 Å². The topological polar surface area (TPSA) is 21.3 Å². The second-order valence-electron chi connectivity index (χ2n) is 7.13. The Morgan fingerprint density at radius 3 is 3.21 bits per heavy atom. The highest BCUT2D eigenvalue weighted by atomic mass is 16.5. The van der Waals surface area contributed by atoms with Crippen LogP contribution in [0.3, 0.4) is 0 Å². The third-order valence-electron chi connectivity index (χ3n) is 6.23. The van der Waals surface area contributed by atoms with E-state index in [2.05, 4.69) is 30.4 Å². The summed E-state index contributed by atoms with van der Waals surface area (Å²) in [4.78, 5) is 0. The van der Waals surface area contributed by atoms with Gasteiger partial charge in [-0.25, -0.2) is 0 Å². The Hall–Kier alpha value is -1.02. The number of nitrogens with one attached hydrogen (secondary N) is 1. The fourth-order valence-corrected chi connectivity index (χ4v) is 5.63. The third kappa shape index (κ3) is 1.13. The second kappa shape index (κ2) is 3.35. The normalized spacial score (nSPS) is 45.5. The van der Waals surface area contributed by atoms with Crippen LogP contribution in [0.15, 0.2) is 18.2 Å². The van der Waals surface area contributed by atoms with Crippen LogP contribution in [0.4, 0.5) is 0 Å². The lowest BCUT2D eigenvalue weighted by Crippen LogP contribution is -2.64. The van der Waals surface area contributed by atoms with Crippen molar-refractivity contribution in [2.75, 3.05) is 6.54 Å². The number of piperidine rings is 1. The Balaban J connectivity index is 1.79. The minimum absolute atomic E-state index is 0.354. The standard InChI is InChI=1S/C17H21NO/c1-10-7-12-13-9-11-3-2-4-14-16(11)17(12,5-6-18-13)15(8-10)19-14/h2-4,10,12-13,15,18H,5-9H2,1H3/t10?,12-,13+,15?,17+/m0/s1. The zero-order chi connectivity index (χ0) is 12.6. The summed E-state index contributed by atoms with van der Waals surface area (Å²) in [6, 6.07) is 7.40. The fourth-order valence-electron chi connectivity index (χ4n) is 5.63. The average Bonchev–Trinajstić information content (AvgIpc) is 2.69. The lowest BCUT2D eigenvalue weighted by atomic mass is 9.51. The van der Waals surface area contributed by atoms with E-state index in [1.807, 2.05) is 0 Å². The van der Waals surface area contributed by atoms with Crippen molar-refractivity contribution < 1.29 is 4.74 Å². The molecular weight excluding hydrogens is 234 g/mol. The molecule has 2 bridgehead atoms. The summed E-state index contributed by atoms with van der Waals surface area (Å²) in [6.45, 7) is 3.58. The van der Waals surface area contributed by atoms with Crippen molar-refractivity contribution in [3.05, 3.63) is 29.3 Å². The van der Waals surface area contributed by atoms with Crippen molar-refractivity contribution in [1.82, 2.24) is 5.32 Å². The van der Waals surface area contributed by atoms with Gasteiger partial charge in [0.25, 0.3) is 0 Å². The summed E-state index contributed by atoms with van der Waals surface area (Å²) in [6.07, 6.45) is 5.55. The zero-order valence-electron chi connectivity index (χ0n) is 11.5. The number of hydrogen-bond acceptors (Lipinski definition) is 2. The Morgan fingerprint density at radius 2 is 2.26 bits per heavy atom. The van der Waals surface area contributed by atoms with Gasteiger partial charge in [-0.3, -0.25) is 0 Å². The van der Waals surface area contributed by atoms with Crippen molar-refractivity contribution in [3.63, 3.8) is 0 Å². The smallest absolute Gasteiger partial charge is 0.123 e. The first-order valence-electron chi connectivity index (χ1n) is 7.81. The minimum atomic E-state index is 0.354. The average molecular weight is 255 g/mol. The van der Waals surface area contributed by atoms with Gasteiger partial charge in [-0.1, -0.05) is 19.1 Å². The lowest BCUT2D eigenvalue weighted by molar-refractivity contribution is -0.0166. The molecule has 2 unspecified atom stereocenters. The maximum atomic E-state index is 6.42. The fraction of sp³-hybridized carbons (Fsp3) is 0.647. The molecule has 2 aliphatic heterocycles. The molecule has 1 aromatic rings. The molecule has 1 aromatic carbocycles. The molecule has 0 radical (unpaired) electrons. The maximum absolute atomic E-state index is 6.42. The predicted molar refractivity (Wildman–Crippen MR) is 74.5 cm³/mol. The van der Waals surface area contributed by atoms with Gasteiger partial charge in [-0.05, 0) is 55.7 Å².